The van der Waals surface area contributed by atoms with E-state index in [0.717, 1.165) is 32.4 Å². The van der Waals surface area contributed by atoms with Crippen LogP contribution in [0.4, 0.5) is 0 Å². The zero-order valence-electron chi connectivity index (χ0n) is 12.9. The lowest BCUT2D eigenvalue weighted by atomic mass is 9.67. The van der Waals surface area contributed by atoms with Crippen LogP contribution in [-0.2, 0) is 4.79 Å². The van der Waals surface area contributed by atoms with E-state index in [2.05, 4.69) is 10.6 Å². The minimum atomic E-state index is -0.909. The fourth-order valence-electron chi connectivity index (χ4n) is 3.99. The van der Waals surface area contributed by atoms with E-state index in [1.807, 2.05) is 0 Å². The van der Waals surface area contributed by atoms with Crippen LogP contribution in [0.25, 0.3) is 0 Å². The van der Waals surface area contributed by atoms with E-state index in [4.69, 9.17) is 23.2 Å². The number of carbonyl (C=O) groups excluding carboxylic acids is 1. The molecule has 6 heteroatoms. The monoisotopic (exact) mass is 356 g/mol. The van der Waals surface area contributed by atoms with Gasteiger partial charge in [-0.25, -0.2) is 0 Å². The molecule has 0 aromatic heterocycles. The number of rotatable bonds is 4. The van der Waals surface area contributed by atoms with Gasteiger partial charge in [0.25, 0.3) is 0 Å². The number of benzene rings is 1. The Hall–Kier alpha value is -0.810. The molecule has 23 heavy (non-hydrogen) atoms. The van der Waals surface area contributed by atoms with Gasteiger partial charge in [-0.1, -0.05) is 42.1 Å². The molecule has 0 bridgehead atoms. The van der Waals surface area contributed by atoms with Crippen molar-refractivity contribution in [1.29, 1.82) is 0 Å². The third kappa shape index (κ3) is 3.22. The first-order valence-corrected chi connectivity index (χ1v) is 8.91. The molecule has 1 saturated heterocycles. The van der Waals surface area contributed by atoms with E-state index in [0.29, 0.717) is 21.5 Å². The van der Waals surface area contributed by atoms with Crippen molar-refractivity contribution in [3.63, 3.8) is 0 Å². The average Bonchev–Trinajstić information content (AvgIpc) is 2.97. The Morgan fingerprint density at radius 1 is 1.39 bits per heavy atom. The second-order valence-electron chi connectivity index (χ2n) is 6.59. The number of fused-ring (bicyclic) bond motifs is 1. The van der Waals surface area contributed by atoms with Crippen molar-refractivity contribution in [3.05, 3.63) is 33.8 Å². The van der Waals surface area contributed by atoms with Gasteiger partial charge in [0.15, 0.2) is 0 Å². The van der Waals surface area contributed by atoms with E-state index >= 15 is 0 Å². The van der Waals surface area contributed by atoms with Gasteiger partial charge < -0.3 is 15.7 Å². The van der Waals surface area contributed by atoms with Crippen LogP contribution in [0.15, 0.2) is 18.2 Å². The van der Waals surface area contributed by atoms with Gasteiger partial charge in [-0.3, -0.25) is 4.79 Å². The highest BCUT2D eigenvalue weighted by atomic mass is 35.5. The van der Waals surface area contributed by atoms with Crippen LogP contribution in [0.2, 0.25) is 10.0 Å². The highest BCUT2D eigenvalue weighted by Crippen LogP contribution is 2.44. The normalized spacial score (nSPS) is 28.2. The summed E-state index contributed by atoms with van der Waals surface area (Å²) in [7, 11) is 0. The molecule has 0 spiro atoms. The number of hydrogen-bond donors (Lipinski definition) is 3. The molecule has 4 nitrogen and oxygen atoms in total. The first-order chi connectivity index (χ1) is 11.0. The second kappa shape index (κ2) is 6.98. The third-order valence-corrected chi connectivity index (χ3v) is 5.94. The molecule has 3 rings (SSSR count). The molecule has 1 aliphatic carbocycles. The molecule has 1 saturated carbocycles. The number of aliphatic hydroxyl groups excluding tert-OH is 1. The third-order valence-electron chi connectivity index (χ3n) is 5.28. The van der Waals surface area contributed by atoms with Crippen molar-refractivity contribution >= 4 is 29.1 Å². The number of amides is 1. The topological polar surface area (TPSA) is 61.4 Å². The Kier molecular flexibility index (Phi) is 5.16. The zero-order chi connectivity index (χ0) is 16.4. The molecular weight excluding hydrogens is 335 g/mol. The Labute approximate surface area is 146 Å². The summed E-state index contributed by atoms with van der Waals surface area (Å²) >= 11 is 12.2. The smallest absolute Gasteiger partial charge is 0.227 e. The molecule has 2 aliphatic rings. The maximum Gasteiger partial charge on any atom is 0.227 e. The van der Waals surface area contributed by atoms with Crippen molar-refractivity contribution in [3.8, 4) is 0 Å². The SMILES string of the molecule is O=C(NCC(O)c1c(Cl)cccc1Cl)[C@@]12CCCC[C@H]1CNC2. The van der Waals surface area contributed by atoms with Gasteiger partial charge in [0.1, 0.15) is 0 Å². The van der Waals surface area contributed by atoms with Crippen LogP contribution < -0.4 is 10.6 Å². The van der Waals surface area contributed by atoms with Crippen LogP contribution in [0.3, 0.4) is 0 Å². The first-order valence-electron chi connectivity index (χ1n) is 8.15. The van der Waals surface area contributed by atoms with Gasteiger partial charge in [-0.05, 0) is 37.4 Å². The van der Waals surface area contributed by atoms with E-state index < -0.39 is 6.10 Å². The summed E-state index contributed by atoms with van der Waals surface area (Å²) in [6, 6.07) is 5.10. The minimum Gasteiger partial charge on any atom is -0.386 e. The number of hydrogen-bond acceptors (Lipinski definition) is 3. The van der Waals surface area contributed by atoms with Gasteiger partial charge in [0, 0.05) is 28.7 Å². The van der Waals surface area contributed by atoms with Crippen LogP contribution in [0.5, 0.6) is 0 Å². The first kappa shape index (κ1) is 17.0. The molecule has 3 N–H and O–H groups in total. The van der Waals surface area contributed by atoms with E-state index in [9.17, 15) is 9.90 Å². The van der Waals surface area contributed by atoms with Crippen molar-refractivity contribution in [1.82, 2.24) is 10.6 Å². The zero-order valence-corrected chi connectivity index (χ0v) is 14.5. The largest absolute Gasteiger partial charge is 0.386 e. The summed E-state index contributed by atoms with van der Waals surface area (Å²) in [5.74, 6) is 0.437. The van der Waals surface area contributed by atoms with Crippen molar-refractivity contribution in [2.24, 2.45) is 11.3 Å². The average molecular weight is 357 g/mol. The van der Waals surface area contributed by atoms with Gasteiger partial charge in [-0.2, -0.15) is 0 Å². The van der Waals surface area contributed by atoms with Crippen LogP contribution in [0, 0.1) is 11.3 Å². The number of nitrogens with one attached hydrogen (secondary N) is 2. The standard InChI is InChI=1S/C17H22Cl2N2O2/c18-12-5-3-6-13(19)15(12)14(22)9-21-16(23)17-7-2-1-4-11(17)8-20-10-17/h3,5-6,11,14,20,22H,1-2,4,7-10H2,(H,21,23)/t11-,14?,17+/m0/s1. The molecule has 126 valence electrons. The Morgan fingerprint density at radius 2 is 2.13 bits per heavy atom. The van der Waals surface area contributed by atoms with Crippen molar-refractivity contribution in [2.75, 3.05) is 19.6 Å². The highest BCUT2D eigenvalue weighted by Gasteiger charge is 2.49. The Bertz CT molecular complexity index is 576. The Morgan fingerprint density at radius 3 is 2.87 bits per heavy atom. The molecule has 3 atom stereocenters. The summed E-state index contributed by atoms with van der Waals surface area (Å²) in [5.41, 5.74) is 0.154. The summed E-state index contributed by atoms with van der Waals surface area (Å²) < 4.78 is 0. The van der Waals surface area contributed by atoms with E-state index in [1.165, 1.54) is 6.42 Å². The van der Waals surface area contributed by atoms with Gasteiger partial charge in [0.05, 0.1) is 11.5 Å². The lowest BCUT2D eigenvalue weighted by Gasteiger charge is -2.37. The van der Waals surface area contributed by atoms with Crippen molar-refractivity contribution in [2.45, 2.75) is 31.8 Å². The fourth-order valence-corrected chi connectivity index (χ4v) is 4.64. The lowest BCUT2D eigenvalue weighted by Crippen LogP contribution is -2.48. The predicted molar refractivity (Wildman–Crippen MR) is 91.7 cm³/mol. The summed E-state index contributed by atoms with van der Waals surface area (Å²) in [4.78, 5) is 12.8. The minimum absolute atomic E-state index is 0.0365. The Balaban J connectivity index is 1.67. The van der Waals surface area contributed by atoms with Crippen LogP contribution in [-0.4, -0.2) is 30.6 Å². The number of halogens is 2. The van der Waals surface area contributed by atoms with E-state index in [1.54, 1.807) is 18.2 Å². The van der Waals surface area contributed by atoms with Gasteiger partial charge in [0.2, 0.25) is 5.91 Å². The van der Waals surface area contributed by atoms with Gasteiger partial charge in [-0.15, -0.1) is 0 Å². The summed E-state index contributed by atoms with van der Waals surface area (Å²) in [6.07, 6.45) is 3.38. The maximum absolute atomic E-state index is 12.8. The molecule has 1 heterocycles. The van der Waals surface area contributed by atoms with E-state index in [-0.39, 0.29) is 17.9 Å². The molecule has 1 unspecified atom stereocenters. The molecule has 2 fully saturated rings. The molecule has 1 aliphatic heterocycles. The van der Waals surface area contributed by atoms with Gasteiger partial charge >= 0.3 is 0 Å². The second-order valence-corrected chi connectivity index (χ2v) is 7.41. The van der Waals surface area contributed by atoms with Crippen LogP contribution >= 0.6 is 23.2 Å². The molecular formula is C17H22Cl2N2O2. The highest BCUT2D eigenvalue weighted by molar-refractivity contribution is 6.36. The fraction of sp³-hybridized carbons (Fsp3) is 0.588. The summed E-state index contributed by atoms with van der Waals surface area (Å²) in [6.45, 7) is 1.76. The van der Waals surface area contributed by atoms with Crippen LogP contribution in [0.1, 0.15) is 37.4 Å². The molecule has 1 aromatic carbocycles. The summed E-state index contributed by atoms with van der Waals surface area (Å²) in [5, 5.41) is 17.5. The molecule has 1 amide bonds. The quantitative estimate of drug-likeness (QED) is 0.777. The van der Waals surface area contributed by atoms with Crippen molar-refractivity contribution < 1.29 is 9.90 Å². The molecule has 0 radical (unpaired) electrons. The maximum atomic E-state index is 12.8. The predicted octanol–water partition coefficient (Wildman–Crippen LogP) is 2.92. The number of carbonyl (C=O) groups is 1. The molecule has 1 aromatic rings. The number of aliphatic hydroxyl groups is 1. The lowest BCUT2D eigenvalue weighted by molar-refractivity contribution is -0.134.